The molecule has 2 heterocycles. The maximum atomic E-state index is 12.3. The third kappa shape index (κ3) is 5.24. The SMILES string of the molecule is NS(=O)(=O)c1ccc(CCNC(=O)C(=O)N2CCN(C(=O)c3ccco3)CC2)cc1. The average Bonchev–Trinajstić information content (AvgIpc) is 3.27. The van der Waals surface area contributed by atoms with Crippen molar-refractivity contribution in [1.82, 2.24) is 15.1 Å². The largest absolute Gasteiger partial charge is 0.459 e. The van der Waals surface area contributed by atoms with Gasteiger partial charge in [-0.15, -0.1) is 0 Å². The monoisotopic (exact) mass is 434 g/mol. The van der Waals surface area contributed by atoms with Gasteiger partial charge in [-0.05, 0) is 36.2 Å². The predicted octanol–water partition coefficient (Wildman–Crippen LogP) is -0.430. The number of sulfonamides is 1. The van der Waals surface area contributed by atoms with Crippen LogP contribution in [0.2, 0.25) is 0 Å². The van der Waals surface area contributed by atoms with E-state index in [4.69, 9.17) is 9.56 Å². The molecule has 0 saturated carbocycles. The van der Waals surface area contributed by atoms with E-state index in [0.717, 1.165) is 5.56 Å². The molecule has 0 aliphatic carbocycles. The van der Waals surface area contributed by atoms with E-state index in [0.29, 0.717) is 19.5 Å². The van der Waals surface area contributed by atoms with E-state index in [1.165, 1.54) is 23.3 Å². The first kappa shape index (κ1) is 21.5. The fourth-order valence-corrected chi connectivity index (χ4v) is 3.57. The highest BCUT2D eigenvalue weighted by molar-refractivity contribution is 7.89. The molecule has 10 nitrogen and oxygen atoms in total. The Kier molecular flexibility index (Phi) is 6.53. The molecule has 3 N–H and O–H groups in total. The molecule has 160 valence electrons. The lowest BCUT2D eigenvalue weighted by molar-refractivity contribution is -0.146. The Bertz CT molecular complexity index is 1010. The zero-order valence-electron chi connectivity index (χ0n) is 16.1. The van der Waals surface area contributed by atoms with Crippen LogP contribution in [-0.2, 0) is 26.0 Å². The van der Waals surface area contributed by atoms with Crippen molar-refractivity contribution >= 4 is 27.7 Å². The lowest BCUT2D eigenvalue weighted by atomic mass is 10.1. The van der Waals surface area contributed by atoms with Crippen molar-refractivity contribution in [3.8, 4) is 0 Å². The molecule has 11 heteroatoms. The first-order valence-electron chi connectivity index (χ1n) is 9.27. The Labute approximate surface area is 173 Å². The number of rotatable bonds is 5. The Hall–Kier alpha value is -3.18. The summed E-state index contributed by atoms with van der Waals surface area (Å²) in [6.07, 6.45) is 1.85. The highest BCUT2D eigenvalue weighted by Gasteiger charge is 2.28. The second-order valence-corrected chi connectivity index (χ2v) is 8.32. The minimum atomic E-state index is -3.75. The summed E-state index contributed by atoms with van der Waals surface area (Å²) in [5, 5.41) is 7.61. The number of nitrogens with two attached hydrogens (primary N) is 1. The fraction of sp³-hybridized carbons (Fsp3) is 0.316. The lowest BCUT2D eigenvalue weighted by Crippen LogP contribution is -2.53. The number of hydrogen-bond acceptors (Lipinski definition) is 6. The molecule has 1 aliphatic heterocycles. The number of amides is 3. The van der Waals surface area contributed by atoms with Gasteiger partial charge in [-0.3, -0.25) is 14.4 Å². The lowest BCUT2D eigenvalue weighted by Gasteiger charge is -2.33. The molecule has 0 unspecified atom stereocenters. The number of primary sulfonamides is 1. The molecule has 0 bridgehead atoms. The number of carbonyl (C=O) groups is 3. The van der Waals surface area contributed by atoms with Gasteiger partial charge in [0.2, 0.25) is 10.0 Å². The fourth-order valence-electron chi connectivity index (χ4n) is 3.05. The molecule has 2 aromatic rings. The van der Waals surface area contributed by atoms with Crippen LogP contribution in [0.4, 0.5) is 0 Å². The zero-order chi connectivity index (χ0) is 21.7. The van der Waals surface area contributed by atoms with E-state index in [9.17, 15) is 22.8 Å². The van der Waals surface area contributed by atoms with Crippen LogP contribution in [0.3, 0.4) is 0 Å². The molecule has 0 spiro atoms. The van der Waals surface area contributed by atoms with Gasteiger partial charge in [0.05, 0.1) is 11.2 Å². The molecule has 0 radical (unpaired) electrons. The van der Waals surface area contributed by atoms with Gasteiger partial charge in [0.25, 0.3) is 5.91 Å². The van der Waals surface area contributed by atoms with Crippen LogP contribution in [0, 0.1) is 0 Å². The predicted molar refractivity (Wildman–Crippen MR) is 106 cm³/mol. The summed E-state index contributed by atoms with van der Waals surface area (Å²) in [4.78, 5) is 39.7. The van der Waals surface area contributed by atoms with Gasteiger partial charge in [-0.25, -0.2) is 13.6 Å². The number of hydrogen-bond donors (Lipinski definition) is 2. The Balaban J connectivity index is 1.43. The molecular formula is C19H22N4O6S. The van der Waals surface area contributed by atoms with Crippen LogP contribution >= 0.6 is 0 Å². The molecule has 1 aliphatic rings. The first-order chi connectivity index (χ1) is 14.3. The Morgan fingerprint density at radius 2 is 1.63 bits per heavy atom. The van der Waals surface area contributed by atoms with Gasteiger partial charge in [-0.2, -0.15) is 0 Å². The van der Waals surface area contributed by atoms with Crippen molar-refractivity contribution in [2.45, 2.75) is 11.3 Å². The van der Waals surface area contributed by atoms with E-state index in [1.54, 1.807) is 29.2 Å². The third-order valence-corrected chi connectivity index (χ3v) is 5.66. The highest BCUT2D eigenvalue weighted by Crippen LogP contribution is 2.10. The maximum absolute atomic E-state index is 12.3. The van der Waals surface area contributed by atoms with Crippen LogP contribution in [0.5, 0.6) is 0 Å². The van der Waals surface area contributed by atoms with E-state index in [2.05, 4.69) is 5.32 Å². The van der Waals surface area contributed by atoms with Crippen molar-refractivity contribution in [3.05, 3.63) is 54.0 Å². The molecule has 30 heavy (non-hydrogen) atoms. The van der Waals surface area contributed by atoms with Crippen LogP contribution in [0.25, 0.3) is 0 Å². The van der Waals surface area contributed by atoms with Gasteiger partial charge in [0.1, 0.15) is 0 Å². The summed E-state index contributed by atoms with van der Waals surface area (Å²) < 4.78 is 27.6. The summed E-state index contributed by atoms with van der Waals surface area (Å²) in [7, 11) is -3.75. The summed E-state index contributed by atoms with van der Waals surface area (Å²) in [6, 6.07) is 9.19. The molecular weight excluding hydrogens is 412 g/mol. The third-order valence-electron chi connectivity index (χ3n) is 4.73. The van der Waals surface area contributed by atoms with Crippen molar-refractivity contribution in [2.24, 2.45) is 5.14 Å². The molecule has 0 atom stereocenters. The minimum absolute atomic E-state index is 0.00938. The van der Waals surface area contributed by atoms with Crippen LogP contribution in [-0.4, -0.2) is 68.7 Å². The average molecular weight is 434 g/mol. The molecule has 1 aromatic heterocycles. The molecule has 3 amide bonds. The van der Waals surface area contributed by atoms with Crippen molar-refractivity contribution in [1.29, 1.82) is 0 Å². The smallest absolute Gasteiger partial charge is 0.312 e. The van der Waals surface area contributed by atoms with Gasteiger partial charge in [0.15, 0.2) is 5.76 Å². The summed E-state index contributed by atoms with van der Waals surface area (Å²) in [6.45, 7) is 1.36. The molecule has 1 saturated heterocycles. The molecule has 3 rings (SSSR count). The number of piperazine rings is 1. The first-order valence-corrected chi connectivity index (χ1v) is 10.8. The van der Waals surface area contributed by atoms with E-state index in [1.807, 2.05) is 0 Å². The molecule has 1 aromatic carbocycles. The number of furan rings is 1. The van der Waals surface area contributed by atoms with Crippen molar-refractivity contribution in [2.75, 3.05) is 32.7 Å². The minimum Gasteiger partial charge on any atom is -0.459 e. The van der Waals surface area contributed by atoms with Gasteiger partial charge >= 0.3 is 11.8 Å². The number of benzene rings is 1. The maximum Gasteiger partial charge on any atom is 0.312 e. The van der Waals surface area contributed by atoms with Crippen LogP contribution < -0.4 is 10.5 Å². The highest BCUT2D eigenvalue weighted by atomic mass is 32.2. The van der Waals surface area contributed by atoms with Gasteiger partial charge in [-0.1, -0.05) is 12.1 Å². The summed E-state index contributed by atoms with van der Waals surface area (Å²) in [5.41, 5.74) is 0.792. The van der Waals surface area contributed by atoms with E-state index < -0.39 is 21.8 Å². The van der Waals surface area contributed by atoms with Crippen molar-refractivity contribution in [3.63, 3.8) is 0 Å². The second kappa shape index (κ2) is 9.09. The topological polar surface area (TPSA) is 143 Å². The van der Waals surface area contributed by atoms with Gasteiger partial charge < -0.3 is 19.5 Å². The van der Waals surface area contributed by atoms with E-state index in [-0.39, 0.29) is 36.2 Å². The van der Waals surface area contributed by atoms with Crippen molar-refractivity contribution < 1.29 is 27.2 Å². The van der Waals surface area contributed by atoms with Gasteiger partial charge in [0, 0.05) is 32.7 Å². The quantitative estimate of drug-likeness (QED) is 0.612. The molecule has 1 fully saturated rings. The second-order valence-electron chi connectivity index (χ2n) is 6.76. The van der Waals surface area contributed by atoms with Crippen LogP contribution in [0.1, 0.15) is 16.1 Å². The number of nitrogens with one attached hydrogen (secondary N) is 1. The summed E-state index contributed by atoms with van der Waals surface area (Å²) >= 11 is 0. The van der Waals surface area contributed by atoms with Crippen LogP contribution in [0.15, 0.2) is 52.0 Å². The standard InChI is InChI=1S/C19H22N4O6S/c20-30(27,28)15-5-3-14(4-6-15)7-8-21-17(24)19(26)23-11-9-22(10-12-23)18(25)16-2-1-13-29-16/h1-6,13H,7-12H2,(H,21,24)(H2,20,27,28). The Morgan fingerprint density at radius 3 is 2.20 bits per heavy atom. The Morgan fingerprint density at radius 1 is 1.00 bits per heavy atom. The number of carbonyl (C=O) groups excluding carboxylic acids is 3. The zero-order valence-corrected chi connectivity index (χ0v) is 16.9. The number of nitrogens with zero attached hydrogens (tertiary/aromatic N) is 2. The van der Waals surface area contributed by atoms with E-state index >= 15 is 0 Å². The normalized spacial score (nSPS) is 14.4. The summed E-state index contributed by atoms with van der Waals surface area (Å²) in [5.74, 6) is -1.37.